The Hall–Kier alpha value is 0. The van der Waals surface area contributed by atoms with Crippen LogP contribution in [0, 0.1) is 75.9 Å². The lowest BCUT2D eigenvalue weighted by Gasteiger charge is -2.82. The number of fused-ring (bicyclic) bond motifs is 1. The Morgan fingerprint density at radius 3 is 2.30 bits per heavy atom. The molecule has 13 unspecified atom stereocenters. The summed E-state index contributed by atoms with van der Waals surface area (Å²) in [5.74, 6) is 13.1. The first-order chi connectivity index (χ1) is 11.2. The van der Waals surface area contributed by atoms with Crippen LogP contribution in [0.5, 0.6) is 0 Å². The highest BCUT2D eigenvalue weighted by molar-refractivity contribution is 5.25. The zero-order chi connectivity index (χ0) is 14.7. The fourth-order valence-electron chi connectivity index (χ4n) is 12.5. The van der Waals surface area contributed by atoms with Crippen LogP contribution >= 0.6 is 0 Å². The van der Waals surface area contributed by atoms with Crippen molar-refractivity contribution < 1.29 is 0 Å². The maximum atomic E-state index is 2.81. The van der Waals surface area contributed by atoms with Crippen LogP contribution in [0.15, 0.2) is 0 Å². The number of rotatable bonds is 0. The van der Waals surface area contributed by atoms with Gasteiger partial charge in [0.1, 0.15) is 0 Å². The van der Waals surface area contributed by atoms with Crippen LogP contribution < -0.4 is 0 Å². The summed E-state index contributed by atoms with van der Waals surface area (Å²) in [6.07, 6.45) is 15.1. The van der Waals surface area contributed by atoms with E-state index in [1.165, 1.54) is 59.2 Å². The van der Waals surface area contributed by atoms with E-state index in [4.69, 9.17) is 0 Å². The summed E-state index contributed by atoms with van der Waals surface area (Å²) in [4.78, 5) is 0. The summed E-state index contributed by atoms with van der Waals surface area (Å²) < 4.78 is 0. The van der Waals surface area contributed by atoms with E-state index >= 15 is 0 Å². The van der Waals surface area contributed by atoms with Gasteiger partial charge < -0.3 is 0 Å². The first-order valence-corrected chi connectivity index (χ1v) is 11.2. The normalized spacial score (nSPS) is 77.9. The molecule has 0 aromatic heterocycles. The van der Waals surface area contributed by atoms with Gasteiger partial charge in [0.05, 0.1) is 0 Å². The molecule has 9 rings (SSSR count). The minimum atomic E-state index is 0.777. The van der Waals surface area contributed by atoms with Gasteiger partial charge in [-0.05, 0) is 134 Å². The zero-order valence-corrected chi connectivity index (χ0v) is 14.7. The molecule has 0 aliphatic heterocycles. The molecule has 9 aliphatic rings. The van der Waals surface area contributed by atoms with E-state index in [1.807, 2.05) is 0 Å². The molecule has 13 atom stereocenters. The van der Waals surface area contributed by atoms with Crippen LogP contribution in [0.2, 0.25) is 0 Å². The largest absolute Gasteiger partial charge is 0.0593 e. The summed E-state index contributed by atoms with van der Waals surface area (Å²) in [7, 11) is 0. The average molecular weight is 309 g/mol. The van der Waals surface area contributed by atoms with Crippen molar-refractivity contribution in [2.45, 2.75) is 64.7 Å². The lowest BCUT2D eigenvalue weighted by atomic mass is 9.23. The Morgan fingerprint density at radius 2 is 1.39 bits per heavy atom. The second kappa shape index (κ2) is 3.33. The third-order valence-corrected chi connectivity index (χ3v) is 12.0. The molecule has 0 aromatic rings. The second-order valence-electron chi connectivity index (χ2n) is 12.4. The quantitative estimate of drug-likeness (QED) is 0.564. The molecule has 0 heterocycles. The van der Waals surface area contributed by atoms with Gasteiger partial charge in [0.2, 0.25) is 0 Å². The topological polar surface area (TPSA) is 0 Å². The zero-order valence-electron chi connectivity index (χ0n) is 14.7. The molecule has 0 heteroatoms. The highest BCUT2D eigenvalue weighted by Crippen LogP contribution is 2.84. The molecular formula is C23H32. The van der Waals surface area contributed by atoms with Crippen molar-refractivity contribution >= 4 is 0 Å². The molecule has 1 spiro atoms. The molecule has 0 aromatic carbocycles. The first kappa shape index (κ1) is 12.4. The van der Waals surface area contributed by atoms with Crippen LogP contribution in [0.3, 0.4) is 0 Å². The predicted octanol–water partition coefficient (Wildman–Crippen LogP) is 5.38. The molecule has 124 valence electrons. The Bertz CT molecular complexity index is 612. The maximum absolute atomic E-state index is 2.81. The minimum absolute atomic E-state index is 0.777. The van der Waals surface area contributed by atoms with Gasteiger partial charge in [-0.15, -0.1) is 0 Å². The summed E-state index contributed by atoms with van der Waals surface area (Å²) in [5.41, 5.74) is 1.67. The molecule has 0 radical (unpaired) electrons. The number of hydrogen-bond donors (Lipinski definition) is 0. The Balaban J connectivity index is 1.45. The lowest BCUT2D eigenvalue weighted by Crippen LogP contribution is -2.75. The summed E-state index contributed by atoms with van der Waals surface area (Å²) in [5, 5.41) is 0. The van der Waals surface area contributed by atoms with Crippen molar-refractivity contribution in [1.29, 1.82) is 0 Å². The molecular weight excluding hydrogens is 276 g/mol. The average Bonchev–Trinajstić information content (AvgIpc) is 2.52. The van der Waals surface area contributed by atoms with Gasteiger partial charge >= 0.3 is 0 Å². The Kier molecular flexibility index (Phi) is 1.79. The maximum Gasteiger partial charge on any atom is -0.0227 e. The van der Waals surface area contributed by atoms with E-state index < -0.39 is 0 Å². The molecule has 0 amide bonds. The van der Waals surface area contributed by atoms with E-state index in [0.717, 1.165) is 16.7 Å². The minimum Gasteiger partial charge on any atom is -0.0593 e. The Labute approximate surface area is 141 Å². The van der Waals surface area contributed by atoms with Crippen molar-refractivity contribution in [2.75, 3.05) is 0 Å². The smallest absolute Gasteiger partial charge is 0.0227 e. The van der Waals surface area contributed by atoms with Crippen LogP contribution in [0.4, 0.5) is 0 Å². The molecule has 23 heavy (non-hydrogen) atoms. The third-order valence-electron chi connectivity index (χ3n) is 12.0. The predicted molar refractivity (Wildman–Crippen MR) is 90.5 cm³/mol. The van der Waals surface area contributed by atoms with Gasteiger partial charge in [-0.3, -0.25) is 0 Å². The van der Waals surface area contributed by atoms with Crippen LogP contribution in [-0.4, -0.2) is 0 Å². The lowest BCUT2D eigenvalue weighted by molar-refractivity contribution is -0.336. The second-order valence-corrected chi connectivity index (χ2v) is 12.4. The summed E-state index contributed by atoms with van der Waals surface area (Å²) in [6.45, 7) is 2.81. The van der Waals surface area contributed by atoms with E-state index in [0.29, 0.717) is 0 Å². The van der Waals surface area contributed by atoms with Gasteiger partial charge in [0, 0.05) is 0 Å². The van der Waals surface area contributed by atoms with Gasteiger partial charge in [-0.25, -0.2) is 0 Å². The highest BCUT2D eigenvalue weighted by atomic mass is 14.8. The summed E-state index contributed by atoms with van der Waals surface area (Å²) in [6, 6.07) is 0. The molecule has 9 saturated carbocycles. The third kappa shape index (κ3) is 1.09. The van der Waals surface area contributed by atoms with Crippen molar-refractivity contribution in [3.05, 3.63) is 0 Å². The Morgan fingerprint density at radius 1 is 0.609 bits per heavy atom. The van der Waals surface area contributed by atoms with Gasteiger partial charge in [-0.2, -0.15) is 0 Å². The molecule has 9 bridgehead atoms. The van der Waals surface area contributed by atoms with Crippen LogP contribution in [0.1, 0.15) is 64.7 Å². The summed E-state index contributed by atoms with van der Waals surface area (Å²) >= 11 is 0. The standard InChI is InChI=1S/C23H32/c1-22-7-11-2-13-6-19-14-3-12-5-16(18(14)9-22)21-20(22)15(4-11)17(13)10-23(19,21)8-12/h11-21H,2-10H2,1H3. The van der Waals surface area contributed by atoms with E-state index in [1.54, 1.807) is 57.8 Å². The highest BCUT2D eigenvalue weighted by Gasteiger charge is 2.77. The van der Waals surface area contributed by atoms with Gasteiger partial charge in [-0.1, -0.05) is 6.92 Å². The van der Waals surface area contributed by atoms with Crippen molar-refractivity contribution in [3.8, 4) is 0 Å². The fraction of sp³-hybridized carbons (Fsp3) is 1.00. The van der Waals surface area contributed by atoms with E-state index in [-0.39, 0.29) is 0 Å². The fourth-order valence-corrected chi connectivity index (χ4v) is 12.5. The monoisotopic (exact) mass is 308 g/mol. The molecule has 9 fully saturated rings. The van der Waals surface area contributed by atoms with E-state index in [2.05, 4.69) is 6.92 Å². The number of hydrogen-bond acceptors (Lipinski definition) is 0. The molecule has 0 saturated heterocycles. The first-order valence-electron chi connectivity index (χ1n) is 11.2. The molecule has 0 nitrogen and oxygen atoms in total. The molecule has 9 aliphatic carbocycles. The van der Waals surface area contributed by atoms with Crippen molar-refractivity contribution in [2.24, 2.45) is 75.9 Å². The van der Waals surface area contributed by atoms with E-state index in [9.17, 15) is 0 Å². The van der Waals surface area contributed by atoms with Crippen molar-refractivity contribution in [3.63, 3.8) is 0 Å². The van der Waals surface area contributed by atoms with Crippen LogP contribution in [-0.2, 0) is 0 Å². The van der Waals surface area contributed by atoms with Gasteiger partial charge in [0.15, 0.2) is 0 Å². The van der Waals surface area contributed by atoms with Crippen molar-refractivity contribution in [1.82, 2.24) is 0 Å². The van der Waals surface area contributed by atoms with Crippen LogP contribution in [0.25, 0.3) is 0 Å². The van der Waals surface area contributed by atoms with Gasteiger partial charge in [0.25, 0.3) is 0 Å². The molecule has 0 N–H and O–H groups in total. The SMILES string of the molecule is CC12CC3CC4CC5C6CC7CC(C6C1)C1C2C(C3)C4CC51C7.